The number of nitrogens with zero attached hydrogens (tertiary/aromatic N) is 4. The van der Waals surface area contributed by atoms with Crippen molar-refractivity contribution >= 4 is 5.69 Å². The average molecular weight is 379 g/mol. The lowest BCUT2D eigenvalue weighted by Crippen LogP contribution is -2.35. The Balaban J connectivity index is 1.55. The first-order valence-corrected chi connectivity index (χ1v) is 8.72. The van der Waals surface area contributed by atoms with E-state index in [1.807, 2.05) is 4.90 Å². The minimum Gasteiger partial charge on any atom is -0.502 e. The summed E-state index contributed by atoms with van der Waals surface area (Å²) < 4.78 is 0. The Hall–Kier alpha value is -3.59. The molecule has 0 unspecified atom stereocenters. The van der Waals surface area contributed by atoms with Crippen molar-refractivity contribution in [1.82, 2.24) is 19.9 Å². The van der Waals surface area contributed by atoms with Crippen LogP contribution in [-0.4, -0.2) is 36.4 Å². The molecule has 1 aliphatic heterocycles. The number of nitro groups is 1. The first-order chi connectivity index (χ1) is 13.5. The van der Waals surface area contributed by atoms with Gasteiger partial charge in [0.15, 0.2) is 5.75 Å². The summed E-state index contributed by atoms with van der Waals surface area (Å²) in [5.41, 5.74) is 2.45. The van der Waals surface area contributed by atoms with Crippen molar-refractivity contribution in [3.8, 4) is 17.1 Å². The predicted octanol–water partition coefficient (Wildman–Crippen LogP) is 2.00. The maximum absolute atomic E-state index is 12.6. The third kappa shape index (κ3) is 3.47. The van der Waals surface area contributed by atoms with E-state index in [-0.39, 0.29) is 17.0 Å². The van der Waals surface area contributed by atoms with E-state index in [1.165, 1.54) is 12.1 Å². The number of pyridine rings is 1. The number of aromatic amines is 1. The Bertz CT molecular complexity index is 1100. The number of phenolic OH excluding ortho intramolecular Hbond substituents is 1. The monoisotopic (exact) mass is 379 g/mol. The molecule has 142 valence electrons. The summed E-state index contributed by atoms with van der Waals surface area (Å²) in [4.78, 5) is 36.2. The van der Waals surface area contributed by atoms with Gasteiger partial charge in [0.1, 0.15) is 5.82 Å². The summed E-state index contributed by atoms with van der Waals surface area (Å²) in [6.07, 6.45) is 3.92. The van der Waals surface area contributed by atoms with Crippen LogP contribution in [0.2, 0.25) is 0 Å². The molecule has 0 aliphatic carbocycles. The molecule has 0 atom stereocenters. The molecule has 9 nitrogen and oxygen atoms in total. The topological polar surface area (TPSA) is 125 Å². The Morgan fingerprint density at radius 2 is 2.04 bits per heavy atom. The summed E-state index contributed by atoms with van der Waals surface area (Å²) in [5.74, 6) is 0.168. The Morgan fingerprint density at radius 3 is 2.75 bits per heavy atom. The number of fused-ring (bicyclic) bond motifs is 1. The van der Waals surface area contributed by atoms with Gasteiger partial charge in [-0.25, -0.2) is 4.98 Å². The number of phenols is 1. The van der Waals surface area contributed by atoms with E-state index in [9.17, 15) is 20.0 Å². The number of H-pyrrole nitrogens is 1. The van der Waals surface area contributed by atoms with E-state index in [2.05, 4.69) is 15.0 Å². The van der Waals surface area contributed by atoms with E-state index in [0.717, 1.165) is 16.8 Å². The van der Waals surface area contributed by atoms with Crippen molar-refractivity contribution in [2.75, 3.05) is 6.54 Å². The average Bonchev–Trinajstić information content (AvgIpc) is 2.69. The van der Waals surface area contributed by atoms with Gasteiger partial charge in [-0.15, -0.1) is 0 Å². The minimum atomic E-state index is -0.623. The summed E-state index contributed by atoms with van der Waals surface area (Å²) in [6.45, 7) is 1.58. The second kappa shape index (κ2) is 7.20. The fraction of sp³-hybridized carbons (Fsp3) is 0.211. The molecular formula is C19H17N5O4. The van der Waals surface area contributed by atoms with Gasteiger partial charge in [0, 0.05) is 50.1 Å². The number of nitrogens with one attached hydrogen (secondary N) is 1. The van der Waals surface area contributed by atoms with Crippen LogP contribution < -0.4 is 5.56 Å². The van der Waals surface area contributed by atoms with Gasteiger partial charge in [-0.1, -0.05) is 6.07 Å². The standard InChI is InChI=1S/C19H17N5O4/c25-17-9-12(1-2-16(17)24(27)28)10-23-8-5-15-14(11-23)19(26)22-18(21-15)13-3-6-20-7-4-13/h1-4,6-7,9,25H,5,8,10-11H2,(H,21,22,26). The van der Waals surface area contributed by atoms with Crippen molar-refractivity contribution in [3.63, 3.8) is 0 Å². The number of aromatic hydroxyl groups is 1. The van der Waals surface area contributed by atoms with Crippen molar-refractivity contribution in [1.29, 1.82) is 0 Å². The Morgan fingerprint density at radius 1 is 1.25 bits per heavy atom. The molecule has 0 radical (unpaired) electrons. The van der Waals surface area contributed by atoms with Crippen LogP contribution in [0.15, 0.2) is 47.5 Å². The molecule has 3 aromatic rings. The highest BCUT2D eigenvalue weighted by Crippen LogP contribution is 2.27. The molecule has 3 heterocycles. The van der Waals surface area contributed by atoms with Crippen molar-refractivity contribution in [3.05, 3.63) is 80.0 Å². The lowest BCUT2D eigenvalue weighted by atomic mass is 10.1. The largest absolute Gasteiger partial charge is 0.502 e. The van der Waals surface area contributed by atoms with Crippen LogP contribution in [0, 0.1) is 10.1 Å². The van der Waals surface area contributed by atoms with Gasteiger partial charge >= 0.3 is 5.69 Å². The van der Waals surface area contributed by atoms with Gasteiger partial charge < -0.3 is 10.1 Å². The van der Waals surface area contributed by atoms with Crippen LogP contribution in [0.1, 0.15) is 16.8 Å². The van der Waals surface area contributed by atoms with Gasteiger partial charge in [0.05, 0.1) is 16.2 Å². The second-order valence-corrected chi connectivity index (χ2v) is 6.62. The van der Waals surface area contributed by atoms with Crippen molar-refractivity contribution in [2.24, 2.45) is 0 Å². The fourth-order valence-corrected chi connectivity index (χ4v) is 3.34. The van der Waals surface area contributed by atoms with Crippen LogP contribution in [0.25, 0.3) is 11.4 Å². The third-order valence-corrected chi connectivity index (χ3v) is 4.74. The molecule has 2 aromatic heterocycles. The van der Waals surface area contributed by atoms with Crippen LogP contribution >= 0.6 is 0 Å². The number of hydrogen-bond acceptors (Lipinski definition) is 7. The van der Waals surface area contributed by atoms with E-state index >= 15 is 0 Å². The number of hydrogen-bond donors (Lipinski definition) is 2. The number of aromatic nitrogens is 3. The van der Waals surface area contributed by atoms with Gasteiger partial charge in [0.2, 0.25) is 0 Å². The number of benzene rings is 1. The predicted molar refractivity (Wildman–Crippen MR) is 101 cm³/mol. The van der Waals surface area contributed by atoms with Gasteiger partial charge in [0.25, 0.3) is 5.56 Å². The van der Waals surface area contributed by atoms with E-state index in [4.69, 9.17) is 0 Å². The molecule has 4 rings (SSSR count). The smallest absolute Gasteiger partial charge is 0.310 e. The summed E-state index contributed by atoms with van der Waals surface area (Å²) in [7, 11) is 0. The highest BCUT2D eigenvalue weighted by Gasteiger charge is 2.22. The van der Waals surface area contributed by atoms with Gasteiger partial charge in [-0.3, -0.25) is 24.8 Å². The van der Waals surface area contributed by atoms with Crippen molar-refractivity contribution in [2.45, 2.75) is 19.5 Å². The second-order valence-electron chi connectivity index (χ2n) is 6.62. The van der Waals surface area contributed by atoms with Crippen LogP contribution in [-0.2, 0) is 19.5 Å². The molecule has 2 N–H and O–H groups in total. The zero-order valence-electron chi connectivity index (χ0n) is 14.8. The molecule has 0 saturated carbocycles. The summed E-state index contributed by atoms with van der Waals surface area (Å²) >= 11 is 0. The van der Waals surface area contributed by atoms with Gasteiger partial charge in [-0.05, 0) is 23.8 Å². The molecule has 1 aliphatic rings. The molecule has 0 spiro atoms. The maximum Gasteiger partial charge on any atom is 0.310 e. The molecule has 0 fully saturated rings. The zero-order chi connectivity index (χ0) is 19.7. The SMILES string of the molecule is O=c1[nH]c(-c2ccncc2)nc2c1CN(Cc1ccc([N+](=O)[O-])c(O)c1)CC2. The Labute approximate surface area is 159 Å². The molecule has 0 amide bonds. The number of nitro benzene ring substituents is 1. The molecular weight excluding hydrogens is 362 g/mol. The third-order valence-electron chi connectivity index (χ3n) is 4.74. The molecule has 28 heavy (non-hydrogen) atoms. The van der Waals surface area contributed by atoms with Crippen LogP contribution in [0.3, 0.4) is 0 Å². The number of rotatable bonds is 4. The minimum absolute atomic E-state index is 0.173. The highest BCUT2D eigenvalue weighted by atomic mass is 16.6. The maximum atomic E-state index is 12.6. The zero-order valence-corrected chi connectivity index (χ0v) is 14.8. The Kier molecular flexibility index (Phi) is 4.58. The van der Waals surface area contributed by atoms with Crippen LogP contribution in [0.4, 0.5) is 5.69 Å². The summed E-state index contributed by atoms with van der Waals surface area (Å²) in [6, 6.07) is 7.88. The molecule has 0 saturated heterocycles. The first-order valence-electron chi connectivity index (χ1n) is 8.72. The van der Waals surface area contributed by atoms with Crippen molar-refractivity contribution < 1.29 is 10.0 Å². The molecule has 1 aromatic carbocycles. The fourth-order valence-electron chi connectivity index (χ4n) is 3.34. The molecule has 0 bridgehead atoms. The van der Waals surface area contributed by atoms with E-state index < -0.39 is 4.92 Å². The lowest BCUT2D eigenvalue weighted by molar-refractivity contribution is -0.385. The highest BCUT2D eigenvalue weighted by molar-refractivity contribution is 5.54. The molecule has 9 heteroatoms. The lowest BCUT2D eigenvalue weighted by Gasteiger charge is -2.27. The first kappa shape index (κ1) is 17.8. The van der Waals surface area contributed by atoms with E-state index in [1.54, 1.807) is 30.6 Å². The van der Waals surface area contributed by atoms with E-state index in [0.29, 0.717) is 37.4 Å². The van der Waals surface area contributed by atoms with Gasteiger partial charge in [-0.2, -0.15) is 0 Å². The van der Waals surface area contributed by atoms with Crippen LogP contribution in [0.5, 0.6) is 5.75 Å². The normalized spacial score (nSPS) is 13.9. The quantitative estimate of drug-likeness (QED) is 0.524. The summed E-state index contributed by atoms with van der Waals surface area (Å²) in [5, 5.41) is 20.6.